The summed E-state index contributed by atoms with van der Waals surface area (Å²) < 4.78 is 0. The molecule has 2 atom stereocenters. The van der Waals surface area contributed by atoms with Crippen LogP contribution in [0.5, 0.6) is 0 Å². The van der Waals surface area contributed by atoms with Gasteiger partial charge in [-0.1, -0.05) is 18.9 Å². The van der Waals surface area contributed by atoms with E-state index in [1.807, 2.05) is 25.1 Å². The Balaban J connectivity index is 1.59. The van der Waals surface area contributed by atoms with Gasteiger partial charge in [0.05, 0.1) is 28.6 Å². The molecule has 2 heterocycles. The number of hydrogen-bond donors (Lipinski definition) is 1. The molecule has 2 unspecified atom stereocenters. The van der Waals surface area contributed by atoms with E-state index in [4.69, 9.17) is 10.1 Å². The van der Waals surface area contributed by atoms with Crippen molar-refractivity contribution in [3.8, 4) is 6.07 Å². The number of aromatic carboxylic acids is 1. The van der Waals surface area contributed by atoms with Gasteiger partial charge in [0, 0.05) is 11.5 Å². The van der Waals surface area contributed by atoms with Crippen molar-refractivity contribution in [1.82, 2.24) is 4.98 Å². The summed E-state index contributed by atoms with van der Waals surface area (Å²) in [5, 5.41) is 25.8. The Kier molecular flexibility index (Phi) is 4.54. The number of hydrazone groups is 1. The maximum atomic E-state index is 11.4. The molecule has 5 rings (SSSR count). The van der Waals surface area contributed by atoms with E-state index in [9.17, 15) is 15.2 Å². The first-order chi connectivity index (χ1) is 14.6. The Morgan fingerprint density at radius 2 is 2.00 bits per heavy atom. The van der Waals surface area contributed by atoms with Crippen LogP contribution >= 0.6 is 0 Å². The fraction of sp³-hybridized carbons (Fsp3) is 0.417. The third kappa shape index (κ3) is 2.97. The van der Waals surface area contributed by atoms with Crippen LogP contribution in [0.3, 0.4) is 0 Å². The number of aromatic nitrogens is 1. The average Bonchev–Trinajstić information content (AvgIpc) is 3.40. The lowest BCUT2D eigenvalue weighted by Crippen LogP contribution is -2.41. The van der Waals surface area contributed by atoms with Gasteiger partial charge in [0.25, 0.3) is 0 Å². The Bertz CT molecular complexity index is 1090. The third-order valence-corrected chi connectivity index (χ3v) is 6.92. The van der Waals surface area contributed by atoms with Gasteiger partial charge in [0.1, 0.15) is 11.9 Å². The molecule has 2 aliphatic carbocycles. The Morgan fingerprint density at radius 1 is 1.20 bits per heavy atom. The largest absolute Gasteiger partial charge is 0.478 e. The SMILES string of the molecule is Cc1nc(N2N=C3c4ccc(C(=O)O)cc4CCC3C2C2CCCC2)ccc1C#N. The molecule has 0 spiro atoms. The van der Waals surface area contributed by atoms with Crippen LogP contribution in [0, 0.1) is 30.1 Å². The number of rotatable bonds is 3. The molecule has 1 aromatic heterocycles. The maximum Gasteiger partial charge on any atom is 0.335 e. The number of carbonyl (C=O) groups is 1. The summed E-state index contributed by atoms with van der Waals surface area (Å²) in [4.78, 5) is 16.1. The van der Waals surface area contributed by atoms with E-state index < -0.39 is 5.97 Å². The topological polar surface area (TPSA) is 89.6 Å². The molecular weight excluding hydrogens is 376 g/mol. The van der Waals surface area contributed by atoms with Crippen LogP contribution in [0.4, 0.5) is 5.82 Å². The van der Waals surface area contributed by atoms with Gasteiger partial charge in [-0.05, 0) is 68.4 Å². The first kappa shape index (κ1) is 18.8. The summed E-state index contributed by atoms with van der Waals surface area (Å²) in [6.45, 7) is 1.87. The highest BCUT2D eigenvalue weighted by atomic mass is 16.4. The fourth-order valence-electron chi connectivity index (χ4n) is 5.47. The zero-order chi connectivity index (χ0) is 20.8. The first-order valence-corrected chi connectivity index (χ1v) is 10.7. The molecule has 1 saturated carbocycles. The smallest absolute Gasteiger partial charge is 0.335 e. The van der Waals surface area contributed by atoms with Crippen LogP contribution in [0.2, 0.25) is 0 Å². The molecule has 1 N–H and O–H groups in total. The fourth-order valence-corrected chi connectivity index (χ4v) is 5.47. The average molecular weight is 400 g/mol. The second-order valence-electron chi connectivity index (χ2n) is 8.60. The van der Waals surface area contributed by atoms with Gasteiger partial charge in [-0.3, -0.25) is 0 Å². The van der Waals surface area contributed by atoms with E-state index in [1.54, 1.807) is 12.1 Å². The van der Waals surface area contributed by atoms with Gasteiger partial charge >= 0.3 is 5.97 Å². The lowest BCUT2D eigenvalue weighted by atomic mass is 9.75. The third-order valence-electron chi connectivity index (χ3n) is 6.92. The van der Waals surface area contributed by atoms with Crippen molar-refractivity contribution in [3.05, 3.63) is 58.3 Å². The quantitative estimate of drug-likeness (QED) is 0.829. The lowest BCUT2D eigenvalue weighted by Gasteiger charge is -2.34. The number of carboxylic acid groups (broad SMARTS) is 1. The molecule has 0 saturated heterocycles. The predicted octanol–water partition coefficient (Wildman–Crippen LogP) is 4.31. The van der Waals surface area contributed by atoms with Gasteiger partial charge in [-0.2, -0.15) is 10.4 Å². The van der Waals surface area contributed by atoms with Gasteiger partial charge in [0.15, 0.2) is 0 Å². The van der Waals surface area contributed by atoms with Gasteiger partial charge in [0.2, 0.25) is 0 Å². The molecular formula is C24H24N4O2. The van der Waals surface area contributed by atoms with Crippen LogP contribution in [0.1, 0.15) is 64.8 Å². The summed E-state index contributed by atoms with van der Waals surface area (Å²) in [5.74, 6) is 0.813. The second-order valence-corrected chi connectivity index (χ2v) is 8.60. The highest BCUT2D eigenvalue weighted by molar-refractivity contribution is 6.07. The highest BCUT2D eigenvalue weighted by Gasteiger charge is 2.46. The van der Waals surface area contributed by atoms with Crippen molar-refractivity contribution in [1.29, 1.82) is 5.26 Å². The van der Waals surface area contributed by atoms with Crippen LogP contribution < -0.4 is 5.01 Å². The van der Waals surface area contributed by atoms with E-state index in [0.29, 0.717) is 23.0 Å². The van der Waals surface area contributed by atoms with E-state index in [1.165, 1.54) is 25.7 Å². The highest BCUT2D eigenvalue weighted by Crippen LogP contribution is 2.44. The Morgan fingerprint density at radius 3 is 2.70 bits per heavy atom. The number of carboxylic acids is 1. The summed E-state index contributed by atoms with van der Waals surface area (Å²) in [6, 6.07) is 11.6. The standard InChI is InChI=1S/C24H24N4O2/c1-14-18(13-25)8-11-21(26-14)28-23(15-4-2-3-5-15)20-10-6-16-12-17(24(29)30)7-9-19(16)22(20)27-28/h7-9,11-12,15,20,23H,2-6,10H2,1H3,(H,29,30). The number of benzene rings is 1. The second kappa shape index (κ2) is 7.24. The minimum Gasteiger partial charge on any atom is -0.478 e. The van der Waals surface area contributed by atoms with Crippen molar-refractivity contribution in [2.75, 3.05) is 5.01 Å². The zero-order valence-corrected chi connectivity index (χ0v) is 17.0. The maximum absolute atomic E-state index is 11.4. The number of nitrogens with zero attached hydrogens (tertiary/aromatic N) is 4. The van der Waals surface area contributed by atoms with Crippen LogP contribution in [-0.2, 0) is 6.42 Å². The molecule has 30 heavy (non-hydrogen) atoms. The lowest BCUT2D eigenvalue weighted by molar-refractivity contribution is 0.0696. The van der Waals surface area contributed by atoms with Crippen molar-refractivity contribution >= 4 is 17.5 Å². The molecule has 1 aromatic carbocycles. The predicted molar refractivity (Wildman–Crippen MR) is 114 cm³/mol. The van der Waals surface area contributed by atoms with Crippen molar-refractivity contribution in [2.24, 2.45) is 16.9 Å². The molecule has 1 fully saturated rings. The van der Waals surface area contributed by atoms with Gasteiger partial charge in [-0.25, -0.2) is 14.8 Å². The normalized spacial score (nSPS) is 22.9. The molecule has 2 aromatic rings. The van der Waals surface area contributed by atoms with E-state index in [0.717, 1.165) is 41.2 Å². The molecule has 0 radical (unpaired) electrons. The molecule has 0 bridgehead atoms. The minimum absolute atomic E-state index is 0.273. The van der Waals surface area contributed by atoms with Crippen LogP contribution in [0.25, 0.3) is 0 Å². The monoisotopic (exact) mass is 400 g/mol. The number of anilines is 1. The van der Waals surface area contributed by atoms with Crippen LogP contribution in [0.15, 0.2) is 35.4 Å². The van der Waals surface area contributed by atoms with Crippen LogP contribution in [-0.4, -0.2) is 27.8 Å². The molecule has 3 aliphatic rings. The van der Waals surface area contributed by atoms with Gasteiger partial charge < -0.3 is 5.11 Å². The number of hydrogen-bond acceptors (Lipinski definition) is 5. The van der Waals surface area contributed by atoms with E-state index in [-0.39, 0.29) is 6.04 Å². The van der Waals surface area contributed by atoms with E-state index >= 15 is 0 Å². The van der Waals surface area contributed by atoms with Crippen molar-refractivity contribution < 1.29 is 9.90 Å². The number of fused-ring (bicyclic) bond motifs is 3. The molecule has 152 valence electrons. The number of nitriles is 1. The summed E-state index contributed by atoms with van der Waals surface area (Å²) in [7, 11) is 0. The molecule has 1 aliphatic heterocycles. The molecule has 0 amide bonds. The van der Waals surface area contributed by atoms with Crippen molar-refractivity contribution in [2.45, 2.75) is 51.5 Å². The van der Waals surface area contributed by atoms with E-state index in [2.05, 4.69) is 11.1 Å². The zero-order valence-electron chi connectivity index (χ0n) is 17.0. The summed E-state index contributed by atoms with van der Waals surface area (Å²) >= 11 is 0. The number of pyridine rings is 1. The number of aryl methyl sites for hydroxylation is 2. The minimum atomic E-state index is -0.893. The Labute approximate surface area is 175 Å². The summed E-state index contributed by atoms with van der Waals surface area (Å²) in [6.07, 6.45) is 6.78. The first-order valence-electron chi connectivity index (χ1n) is 10.7. The van der Waals surface area contributed by atoms with Gasteiger partial charge in [-0.15, -0.1) is 0 Å². The summed E-state index contributed by atoms with van der Waals surface area (Å²) in [5.41, 5.74) is 4.86. The molecule has 6 heteroatoms. The Hall–Kier alpha value is -3.20. The van der Waals surface area contributed by atoms with Crippen molar-refractivity contribution in [3.63, 3.8) is 0 Å². The molecule has 6 nitrogen and oxygen atoms in total.